The minimum Gasteiger partial charge on any atom is -0.497 e. The Bertz CT molecular complexity index is 893. The summed E-state index contributed by atoms with van der Waals surface area (Å²) < 4.78 is 29.1. The lowest BCUT2D eigenvalue weighted by molar-refractivity contribution is -0.171. The zero-order valence-corrected chi connectivity index (χ0v) is 22.9. The molecule has 0 bridgehead atoms. The van der Waals surface area contributed by atoms with Gasteiger partial charge in [0.1, 0.15) is 41.1 Å². The minimum atomic E-state index is -0.820. The standard InChI is InChI=1S/C24H35N2O7PS/c1-7-12-26(23(28)32-24(2,3)4)22-25-18-20(33-34-6)19(17(13-27)31-21(18)35-22)30-14-15-8-10-16(29-5)11-9-15/h8-11,13,17-21,34H,7,12,14H2,1-6H3/t17-,18-,19-,20-,21-/m1/s1. The van der Waals surface area contributed by atoms with Gasteiger partial charge in [-0.2, -0.15) is 0 Å². The highest BCUT2D eigenvalue weighted by Gasteiger charge is 2.52. The number of methoxy groups -OCH3 is 1. The van der Waals surface area contributed by atoms with E-state index in [4.69, 9.17) is 28.5 Å². The predicted molar refractivity (Wildman–Crippen MR) is 137 cm³/mol. The van der Waals surface area contributed by atoms with Gasteiger partial charge in [-0.1, -0.05) is 30.8 Å². The highest BCUT2D eigenvalue weighted by molar-refractivity contribution is 8.14. The highest BCUT2D eigenvalue weighted by Crippen LogP contribution is 2.41. The largest absolute Gasteiger partial charge is 0.497 e. The van der Waals surface area contributed by atoms with Crippen LogP contribution in [0.4, 0.5) is 4.79 Å². The molecule has 0 aliphatic carbocycles. The van der Waals surface area contributed by atoms with Gasteiger partial charge in [0.2, 0.25) is 0 Å². The third kappa shape index (κ3) is 7.17. The molecule has 6 atom stereocenters. The van der Waals surface area contributed by atoms with Gasteiger partial charge in [0.25, 0.3) is 0 Å². The second kappa shape index (κ2) is 12.5. The maximum atomic E-state index is 12.9. The molecule has 3 rings (SSSR count). The maximum Gasteiger partial charge on any atom is 0.416 e. The molecule has 1 amide bonds. The highest BCUT2D eigenvalue weighted by atomic mass is 32.2. The topological polar surface area (TPSA) is 95.9 Å². The number of hydrogen-bond donors (Lipinski definition) is 0. The predicted octanol–water partition coefficient (Wildman–Crippen LogP) is 4.23. The molecule has 1 fully saturated rings. The van der Waals surface area contributed by atoms with E-state index in [1.165, 1.54) is 16.7 Å². The van der Waals surface area contributed by atoms with E-state index in [1.54, 1.807) is 7.11 Å². The molecule has 9 nitrogen and oxygen atoms in total. The Kier molecular flexibility index (Phi) is 9.95. The number of hydrogen-bond acceptors (Lipinski definition) is 9. The monoisotopic (exact) mass is 526 g/mol. The number of benzene rings is 1. The summed E-state index contributed by atoms with van der Waals surface area (Å²) in [5.41, 5.74) is -0.169. The number of aliphatic imine (C=N–C) groups is 1. The van der Waals surface area contributed by atoms with Gasteiger partial charge in [0.05, 0.1) is 13.7 Å². The fraction of sp³-hybridized carbons (Fsp3) is 0.625. The fourth-order valence-electron chi connectivity index (χ4n) is 3.77. The van der Waals surface area contributed by atoms with Crippen molar-refractivity contribution in [3.8, 4) is 5.75 Å². The smallest absolute Gasteiger partial charge is 0.416 e. The number of aldehydes is 1. The number of amidine groups is 1. The van der Waals surface area contributed by atoms with Crippen LogP contribution in [0.3, 0.4) is 0 Å². The number of nitrogens with zero attached hydrogens (tertiary/aromatic N) is 2. The summed E-state index contributed by atoms with van der Waals surface area (Å²) in [7, 11) is 1.78. The Labute approximate surface area is 213 Å². The van der Waals surface area contributed by atoms with Crippen LogP contribution in [0.15, 0.2) is 29.3 Å². The van der Waals surface area contributed by atoms with E-state index in [1.807, 2.05) is 58.6 Å². The Morgan fingerprint density at radius 1 is 1.26 bits per heavy atom. The van der Waals surface area contributed by atoms with Gasteiger partial charge in [-0.05, 0) is 51.6 Å². The van der Waals surface area contributed by atoms with Gasteiger partial charge < -0.3 is 28.3 Å². The van der Waals surface area contributed by atoms with Crippen molar-refractivity contribution >= 4 is 38.1 Å². The van der Waals surface area contributed by atoms with Crippen LogP contribution in [0.2, 0.25) is 0 Å². The summed E-state index contributed by atoms with van der Waals surface area (Å²) in [6.45, 7) is 10.1. The van der Waals surface area contributed by atoms with Crippen LogP contribution in [0.25, 0.3) is 0 Å². The number of fused-ring (bicyclic) bond motifs is 1. The maximum absolute atomic E-state index is 12.9. The first kappa shape index (κ1) is 27.9. The van der Waals surface area contributed by atoms with Crippen molar-refractivity contribution in [2.75, 3.05) is 20.3 Å². The molecule has 1 saturated heterocycles. The average molecular weight is 527 g/mol. The Morgan fingerprint density at radius 3 is 2.54 bits per heavy atom. The number of thioether (sulfide) groups is 1. The van der Waals surface area contributed by atoms with E-state index in [-0.39, 0.29) is 15.4 Å². The molecule has 2 aliphatic heterocycles. The number of rotatable bonds is 9. The van der Waals surface area contributed by atoms with Crippen LogP contribution in [-0.4, -0.2) is 78.2 Å². The van der Waals surface area contributed by atoms with Gasteiger partial charge in [-0.15, -0.1) is 0 Å². The molecule has 1 aromatic carbocycles. The molecule has 2 heterocycles. The lowest BCUT2D eigenvalue weighted by Crippen LogP contribution is -2.56. The van der Waals surface area contributed by atoms with Crippen molar-refractivity contribution in [2.45, 2.75) is 76.1 Å². The molecule has 11 heteroatoms. The summed E-state index contributed by atoms with van der Waals surface area (Å²) in [4.78, 5) is 31.2. The fourth-order valence-corrected chi connectivity index (χ4v) is 5.54. The summed E-state index contributed by atoms with van der Waals surface area (Å²) >= 11 is 1.31. The SMILES string of the molecule is CCCN(C(=O)OC(C)(C)C)C1=N[C@@H]2[C@@H](OPC)[C@H](OCc3ccc(OC)cc3)[C@@H](C=O)O[C@@H]2S1. The first-order valence-electron chi connectivity index (χ1n) is 11.6. The molecular weight excluding hydrogens is 491 g/mol. The lowest BCUT2D eigenvalue weighted by Gasteiger charge is -2.40. The lowest BCUT2D eigenvalue weighted by atomic mass is 9.98. The number of amides is 1. The van der Waals surface area contributed by atoms with E-state index >= 15 is 0 Å². The molecule has 2 aliphatic rings. The summed E-state index contributed by atoms with van der Waals surface area (Å²) in [5.74, 6) is 0.753. The molecule has 0 radical (unpaired) electrons. The zero-order chi connectivity index (χ0) is 25.6. The van der Waals surface area contributed by atoms with Crippen molar-refractivity contribution in [3.05, 3.63) is 29.8 Å². The van der Waals surface area contributed by atoms with Gasteiger partial charge in [0.15, 0.2) is 11.5 Å². The van der Waals surface area contributed by atoms with Gasteiger partial charge in [-0.3, -0.25) is 9.89 Å². The molecule has 0 aromatic heterocycles. The molecular formula is C24H35N2O7PS. The second-order valence-electron chi connectivity index (χ2n) is 9.17. The van der Waals surface area contributed by atoms with Crippen molar-refractivity contribution in [1.82, 2.24) is 4.90 Å². The van der Waals surface area contributed by atoms with Crippen molar-refractivity contribution in [1.29, 1.82) is 0 Å². The summed E-state index contributed by atoms with van der Waals surface area (Å²) in [6.07, 6.45) is -0.945. The number of ether oxygens (including phenoxy) is 4. The molecule has 1 unspecified atom stereocenters. The zero-order valence-electron chi connectivity index (χ0n) is 21.1. The van der Waals surface area contributed by atoms with Crippen LogP contribution in [-0.2, 0) is 30.1 Å². The van der Waals surface area contributed by atoms with Crippen LogP contribution in [0.1, 0.15) is 39.7 Å². The average Bonchev–Trinajstić information content (AvgIpc) is 3.24. The van der Waals surface area contributed by atoms with Gasteiger partial charge in [-0.25, -0.2) is 4.79 Å². The number of carbonyl (C=O) groups is 2. The molecule has 194 valence electrons. The van der Waals surface area contributed by atoms with E-state index in [0.717, 1.165) is 24.0 Å². The van der Waals surface area contributed by atoms with E-state index < -0.39 is 41.5 Å². The van der Waals surface area contributed by atoms with Crippen molar-refractivity contribution < 1.29 is 33.1 Å². The van der Waals surface area contributed by atoms with Gasteiger partial charge in [0, 0.05) is 15.4 Å². The van der Waals surface area contributed by atoms with Gasteiger partial charge >= 0.3 is 6.09 Å². The Hall–Kier alpha value is -1.71. The third-order valence-electron chi connectivity index (χ3n) is 5.32. The molecule has 1 aromatic rings. The summed E-state index contributed by atoms with van der Waals surface area (Å²) in [6, 6.07) is 7.09. The Morgan fingerprint density at radius 2 is 1.97 bits per heavy atom. The molecule has 35 heavy (non-hydrogen) atoms. The Balaban J connectivity index is 1.81. The quantitative estimate of drug-likeness (QED) is 0.349. The van der Waals surface area contributed by atoms with E-state index in [0.29, 0.717) is 11.7 Å². The van der Waals surface area contributed by atoms with Crippen molar-refractivity contribution in [2.24, 2.45) is 4.99 Å². The minimum absolute atomic E-state index is 0.164. The molecule has 0 spiro atoms. The van der Waals surface area contributed by atoms with Crippen LogP contribution < -0.4 is 4.74 Å². The summed E-state index contributed by atoms with van der Waals surface area (Å²) in [5, 5.41) is 0.504. The van der Waals surface area contributed by atoms with E-state index in [2.05, 4.69) is 0 Å². The second-order valence-corrected chi connectivity index (χ2v) is 10.9. The number of carbonyl (C=O) groups excluding carboxylic acids is 2. The van der Waals surface area contributed by atoms with Crippen LogP contribution >= 0.6 is 20.6 Å². The molecule has 0 saturated carbocycles. The first-order chi connectivity index (χ1) is 16.7. The first-order valence-corrected chi connectivity index (χ1v) is 13.9. The van der Waals surface area contributed by atoms with E-state index in [9.17, 15) is 9.59 Å². The van der Waals surface area contributed by atoms with Crippen LogP contribution in [0, 0.1) is 0 Å². The normalized spacial score (nSPS) is 26.3. The van der Waals surface area contributed by atoms with Crippen LogP contribution in [0.5, 0.6) is 5.75 Å². The van der Waals surface area contributed by atoms with Crippen molar-refractivity contribution in [3.63, 3.8) is 0 Å². The molecule has 0 N–H and O–H groups in total. The third-order valence-corrected chi connectivity index (χ3v) is 6.98.